The Bertz CT molecular complexity index is 829. The van der Waals surface area contributed by atoms with Crippen molar-refractivity contribution < 1.29 is 23.5 Å². The number of anilines is 1. The van der Waals surface area contributed by atoms with Crippen molar-refractivity contribution in [1.29, 1.82) is 0 Å². The predicted octanol–water partition coefficient (Wildman–Crippen LogP) is 2.37. The lowest BCUT2D eigenvalue weighted by atomic mass is 10.2. The minimum Gasteiger partial charge on any atom is -0.493 e. The fourth-order valence-corrected chi connectivity index (χ4v) is 3.12. The number of carbonyl (C=O) groups is 2. The first-order valence-corrected chi connectivity index (χ1v) is 8.29. The number of rotatable bonds is 6. The molecule has 0 bridgehead atoms. The second kappa shape index (κ2) is 7.21. The van der Waals surface area contributed by atoms with Gasteiger partial charge in [-0.05, 0) is 38.2 Å². The second-order valence-corrected chi connectivity index (χ2v) is 6.25. The third-order valence-electron chi connectivity index (χ3n) is 4.48. The Hall–Kier alpha value is -2.80. The Balaban J connectivity index is 1.80. The molecule has 0 saturated carbocycles. The number of hydrogen-bond donors (Lipinski definition) is 0. The molecule has 1 aliphatic rings. The Morgan fingerprint density at radius 1 is 1.15 bits per heavy atom. The van der Waals surface area contributed by atoms with E-state index >= 15 is 0 Å². The highest BCUT2D eigenvalue weighted by molar-refractivity contribution is 6.22. The van der Waals surface area contributed by atoms with Gasteiger partial charge in [-0.3, -0.25) is 14.5 Å². The largest absolute Gasteiger partial charge is 0.493 e. The van der Waals surface area contributed by atoms with Gasteiger partial charge in [0.1, 0.15) is 11.5 Å². The van der Waals surface area contributed by atoms with Gasteiger partial charge >= 0.3 is 0 Å². The maximum Gasteiger partial charge on any atom is 0.251 e. The Labute approximate surface area is 152 Å². The monoisotopic (exact) mass is 358 g/mol. The highest BCUT2D eigenvalue weighted by atomic mass is 16.5. The molecule has 1 aliphatic heterocycles. The summed E-state index contributed by atoms with van der Waals surface area (Å²) in [6.45, 7) is 2.32. The van der Waals surface area contributed by atoms with Crippen LogP contribution in [0.1, 0.15) is 17.9 Å². The van der Waals surface area contributed by atoms with Gasteiger partial charge in [-0.15, -0.1) is 0 Å². The number of amides is 2. The normalized spacial score (nSPS) is 17.3. The van der Waals surface area contributed by atoms with Crippen molar-refractivity contribution in [3.63, 3.8) is 0 Å². The number of benzene rings is 1. The number of aryl methyl sites for hydroxylation is 1. The summed E-state index contributed by atoms with van der Waals surface area (Å²) >= 11 is 0. The molecular weight excluding hydrogens is 336 g/mol. The van der Waals surface area contributed by atoms with Crippen LogP contribution in [-0.2, 0) is 16.1 Å². The summed E-state index contributed by atoms with van der Waals surface area (Å²) in [6, 6.07) is 8.21. The Morgan fingerprint density at radius 3 is 2.50 bits per heavy atom. The van der Waals surface area contributed by atoms with E-state index < -0.39 is 6.04 Å². The van der Waals surface area contributed by atoms with Crippen LogP contribution in [0.4, 0.5) is 5.69 Å². The molecule has 2 amide bonds. The number of carbonyl (C=O) groups excluding carboxylic acids is 2. The molecule has 1 saturated heterocycles. The van der Waals surface area contributed by atoms with E-state index in [1.54, 1.807) is 18.2 Å². The van der Waals surface area contributed by atoms with Gasteiger partial charge in [0, 0.05) is 6.07 Å². The van der Waals surface area contributed by atoms with Crippen molar-refractivity contribution in [3.8, 4) is 11.5 Å². The van der Waals surface area contributed by atoms with Crippen LogP contribution in [0.3, 0.4) is 0 Å². The zero-order valence-corrected chi connectivity index (χ0v) is 15.3. The number of nitrogens with zero attached hydrogens (tertiary/aromatic N) is 2. The standard InChI is InChI=1S/C19H22N2O5/c1-12-5-7-14(26-12)11-20(2)15-10-18(22)21(19(15)23)13-6-8-16(24-3)17(9-13)25-4/h5-9,15H,10-11H2,1-4H3. The summed E-state index contributed by atoms with van der Waals surface area (Å²) in [5.74, 6) is 2.08. The second-order valence-electron chi connectivity index (χ2n) is 6.25. The van der Waals surface area contributed by atoms with E-state index in [1.165, 1.54) is 19.1 Å². The number of furan rings is 1. The van der Waals surface area contributed by atoms with Crippen LogP contribution in [-0.4, -0.2) is 44.0 Å². The molecule has 1 aromatic carbocycles. The fourth-order valence-electron chi connectivity index (χ4n) is 3.12. The van der Waals surface area contributed by atoms with Gasteiger partial charge in [-0.1, -0.05) is 0 Å². The van der Waals surface area contributed by atoms with Gasteiger partial charge in [0.15, 0.2) is 11.5 Å². The lowest BCUT2D eigenvalue weighted by molar-refractivity contribution is -0.122. The summed E-state index contributed by atoms with van der Waals surface area (Å²) in [4.78, 5) is 28.4. The van der Waals surface area contributed by atoms with E-state index in [0.717, 1.165) is 11.5 Å². The minimum absolute atomic E-state index is 0.128. The molecule has 3 rings (SSSR count). The number of methoxy groups -OCH3 is 2. The molecular formula is C19H22N2O5. The van der Waals surface area contributed by atoms with Gasteiger partial charge in [0.25, 0.3) is 5.91 Å². The van der Waals surface area contributed by atoms with Crippen LogP contribution in [0.2, 0.25) is 0 Å². The molecule has 0 spiro atoms. The lowest BCUT2D eigenvalue weighted by Crippen LogP contribution is -2.39. The van der Waals surface area contributed by atoms with Crippen molar-refractivity contribution in [1.82, 2.24) is 4.90 Å². The van der Waals surface area contributed by atoms with Crippen molar-refractivity contribution in [3.05, 3.63) is 41.9 Å². The molecule has 7 heteroatoms. The molecule has 1 fully saturated rings. The van der Waals surface area contributed by atoms with E-state index in [0.29, 0.717) is 23.7 Å². The molecule has 2 aromatic rings. The van der Waals surface area contributed by atoms with Gasteiger partial charge in [0.2, 0.25) is 5.91 Å². The van der Waals surface area contributed by atoms with Crippen molar-refractivity contribution in [2.45, 2.75) is 25.9 Å². The van der Waals surface area contributed by atoms with Crippen LogP contribution >= 0.6 is 0 Å². The summed E-state index contributed by atoms with van der Waals surface area (Å²) in [6.07, 6.45) is 0.128. The Morgan fingerprint density at radius 2 is 1.88 bits per heavy atom. The fraction of sp³-hybridized carbons (Fsp3) is 0.368. The van der Waals surface area contributed by atoms with Crippen LogP contribution in [0.5, 0.6) is 11.5 Å². The maximum absolute atomic E-state index is 12.9. The first-order valence-electron chi connectivity index (χ1n) is 8.29. The van der Waals surface area contributed by atoms with E-state index in [-0.39, 0.29) is 18.2 Å². The quantitative estimate of drug-likeness (QED) is 0.738. The van der Waals surface area contributed by atoms with E-state index in [1.807, 2.05) is 31.0 Å². The molecule has 1 unspecified atom stereocenters. The van der Waals surface area contributed by atoms with Crippen LogP contribution in [0, 0.1) is 6.92 Å². The maximum atomic E-state index is 12.9. The molecule has 2 heterocycles. The minimum atomic E-state index is -0.527. The summed E-state index contributed by atoms with van der Waals surface area (Å²) in [7, 11) is 4.86. The first kappa shape index (κ1) is 18.0. The highest BCUT2D eigenvalue weighted by Crippen LogP contribution is 2.34. The summed E-state index contributed by atoms with van der Waals surface area (Å²) in [5, 5.41) is 0. The molecule has 1 atom stereocenters. The molecule has 0 aliphatic carbocycles. The zero-order chi connectivity index (χ0) is 18.8. The Kier molecular flexibility index (Phi) is 4.99. The van der Waals surface area contributed by atoms with Crippen LogP contribution < -0.4 is 14.4 Å². The van der Waals surface area contributed by atoms with Crippen molar-refractivity contribution >= 4 is 17.5 Å². The molecule has 26 heavy (non-hydrogen) atoms. The average Bonchev–Trinajstić information content (AvgIpc) is 3.16. The molecule has 7 nitrogen and oxygen atoms in total. The number of imide groups is 1. The van der Waals surface area contributed by atoms with Crippen molar-refractivity contribution in [2.75, 3.05) is 26.2 Å². The molecule has 138 valence electrons. The molecule has 0 radical (unpaired) electrons. The lowest BCUT2D eigenvalue weighted by Gasteiger charge is -2.22. The highest BCUT2D eigenvalue weighted by Gasteiger charge is 2.42. The number of ether oxygens (including phenoxy) is 2. The van der Waals surface area contributed by atoms with E-state index in [2.05, 4.69) is 0 Å². The molecule has 0 N–H and O–H groups in total. The first-order chi connectivity index (χ1) is 12.4. The number of likely N-dealkylation sites (N-methyl/N-ethyl adjacent to an activating group) is 1. The van der Waals surface area contributed by atoms with Gasteiger partial charge in [0.05, 0.1) is 38.9 Å². The average molecular weight is 358 g/mol. The predicted molar refractivity (Wildman–Crippen MR) is 95.4 cm³/mol. The topological polar surface area (TPSA) is 72.2 Å². The van der Waals surface area contributed by atoms with Crippen molar-refractivity contribution in [2.24, 2.45) is 0 Å². The summed E-state index contributed by atoms with van der Waals surface area (Å²) < 4.78 is 16.0. The van der Waals surface area contributed by atoms with Gasteiger partial charge < -0.3 is 13.9 Å². The van der Waals surface area contributed by atoms with Gasteiger partial charge in [-0.2, -0.15) is 0 Å². The third-order valence-corrected chi connectivity index (χ3v) is 4.48. The van der Waals surface area contributed by atoms with Crippen LogP contribution in [0.25, 0.3) is 0 Å². The third kappa shape index (κ3) is 3.30. The summed E-state index contributed by atoms with van der Waals surface area (Å²) in [5.41, 5.74) is 0.474. The van der Waals surface area contributed by atoms with E-state index in [4.69, 9.17) is 13.9 Å². The van der Waals surface area contributed by atoms with Gasteiger partial charge in [-0.25, -0.2) is 4.90 Å². The zero-order valence-electron chi connectivity index (χ0n) is 15.3. The SMILES string of the molecule is COc1ccc(N2C(=O)CC(N(C)Cc3ccc(C)o3)C2=O)cc1OC. The smallest absolute Gasteiger partial charge is 0.251 e. The van der Waals surface area contributed by atoms with Crippen LogP contribution in [0.15, 0.2) is 34.7 Å². The molecule has 1 aromatic heterocycles. The van der Waals surface area contributed by atoms with E-state index in [9.17, 15) is 9.59 Å². The number of hydrogen-bond acceptors (Lipinski definition) is 6.